The molecule has 0 aliphatic carbocycles. The van der Waals surface area contributed by atoms with Crippen molar-refractivity contribution in [3.05, 3.63) is 35.4 Å². The molecule has 0 spiro atoms. The van der Waals surface area contributed by atoms with E-state index in [4.69, 9.17) is 0 Å². The lowest BCUT2D eigenvalue weighted by Gasteiger charge is -2.28. The standard InChI is InChI=1S/C21H31N5O2.HI/c1-2-22-21(23-11-6-13-25-12-5-9-19(25)27)24-15-20(28)26-14-10-17-7-3-4-8-18(17)16-26;/h3-4,7-8H,2,5-6,9-16H2,1H3,(H2,22,23,24);1H. The summed E-state index contributed by atoms with van der Waals surface area (Å²) in [6, 6.07) is 8.30. The maximum absolute atomic E-state index is 12.6. The maximum Gasteiger partial charge on any atom is 0.244 e. The van der Waals surface area contributed by atoms with Crippen molar-refractivity contribution in [1.82, 2.24) is 20.4 Å². The first kappa shape index (κ1) is 23.4. The summed E-state index contributed by atoms with van der Waals surface area (Å²) in [5.41, 5.74) is 2.56. The Morgan fingerprint density at radius 1 is 1.14 bits per heavy atom. The Labute approximate surface area is 190 Å². The molecule has 2 aliphatic heterocycles. The lowest BCUT2D eigenvalue weighted by Crippen LogP contribution is -2.41. The van der Waals surface area contributed by atoms with Gasteiger partial charge in [-0.1, -0.05) is 24.3 Å². The van der Waals surface area contributed by atoms with E-state index in [0.717, 1.165) is 52.0 Å². The Kier molecular flexibility index (Phi) is 9.69. The Hall–Kier alpha value is -1.84. The second kappa shape index (κ2) is 12.0. The third-order valence-electron chi connectivity index (χ3n) is 5.27. The van der Waals surface area contributed by atoms with Gasteiger partial charge in [0, 0.05) is 45.7 Å². The van der Waals surface area contributed by atoms with Crippen LogP contribution in [0.25, 0.3) is 0 Å². The van der Waals surface area contributed by atoms with Crippen molar-refractivity contribution in [2.24, 2.45) is 4.99 Å². The van der Waals surface area contributed by atoms with Crippen LogP contribution in [-0.4, -0.2) is 66.8 Å². The summed E-state index contributed by atoms with van der Waals surface area (Å²) in [5, 5.41) is 6.44. The Bertz CT molecular complexity index is 725. The van der Waals surface area contributed by atoms with Gasteiger partial charge in [0.05, 0.1) is 0 Å². The molecule has 7 nitrogen and oxygen atoms in total. The number of nitrogens with one attached hydrogen (secondary N) is 2. The number of aliphatic imine (C=N–C) groups is 1. The molecule has 2 amide bonds. The second-order valence-electron chi connectivity index (χ2n) is 7.29. The molecular weight excluding hydrogens is 481 g/mol. The predicted octanol–water partition coefficient (Wildman–Crippen LogP) is 1.76. The van der Waals surface area contributed by atoms with Gasteiger partial charge in [-0.25, -0.2) is 4.99 Å². The van der Waals surface area contributed by atoms with Gasteiger partial charge in [-0.15, -0.1) is 24.0 Å². The van der Waals surface area contributed by atoms with E-state index < -0.39 is 0 Å². The van der Waals surface area contributed by atoms with E-state index in [0.29, 0.717) is 18.9 Å². The quantitative estimate of drug-likeness (QED) is 0.252. The molecule has 8 heteroatoms. The van der Waals surface area contributed by atoms with Gasteiger partial charge in [-0.3, -0.25) is 9.59 Å². The van der Waals surface area contributed by atoms with Gasteiger partial charge in [0.2, 0.25) is 11.8 Å². The molecular formula is C21H32IN5O2. The first-order valence-electron chi connectivity index (χ1n) is 10.3. The molecule has 0 bridgehead atoms. The minimum atomic E-state index is 0. The summed E-state index contributed by atoms with van der Waals surface area (Å²) in [4.78, 5) is 32.5. The second-order valence-corrected chi connectivity index (χ2v) is 7.29. The van der Waals surface area contributed by atoms with E-state index in [-0.39, 0.29) is 42.3 Å². The van der Waals surface area contributed by atoms with E-state index in [1.165, 1.54) is 11.1 Å². The first-order valence-corrected chi connectivity index (χ1v) is 10.3. The van der Waals surface area contributed by atoms with Gasteiger partial charge in [0.15, 0.2) is 5.96 Å². The number of amides is 2. The van der Waals surface area contributed by atoms with Gasteiger partial charge in [-0.05, 0) is 37.3 Å². The Balaban J connectivity index is 0.00000300. The molecule has 29 heavy (non-hydrogen) atoms. The van der Waals surface area contributed by atoms with Crippen molar-refractivity contribution in [1.29, 1.82) is 0 Å². The fraction of sp³-hybridized carbons (Fsp3) is 0.571. The summed E-state index contributed by atoms with van der Waals surface area (Å²) in [5.74, 6) is 0.963. The molecule has 3 rings (SSSR count). The van der Waals surface area contributed by atoms with Crippen LogP contribution >= 0.6 is 24.0 Å². The monoisotopic (exact) mass is 513 g/mol. The number of nitrogens with zero attached hydrogens (tertiary/aromatic N) is 3. The average Bonchev–Trinajstić information content (AvgIpc) is 3.13. The van der Waals surface area contributed by atoms with E-state index in [1.54, 1.807) is 0 Å². The van der Waals surface area contributed by atoms with Crippen LogP contribution in [0.2, 0.25) is 0 Å². The van der Waals surface area contributed by atoms with Crippen molar-refractivity contribution in [2.75, 3.05) is 39.3 Å². The van der Waals surface area contributed by atoms with Gasteiger partial charge in [-0.2, -0.15) is 0 Å². The van der Waals surface area contributed by atoms with Gasteiger partial charge in [0.1, 0.15) is 6.54 Å². The molecule has 0 saturated carbocycles. The number of guanidine groups is 1. The number of hydrogen-bond donors (Lipinski definition) is 2. The summed E-state index contributed by atoms with van der Waals surface area (Å²) in [7, 11) is 0. The zero-order valence-corrected chi connectivity index (χ0v) is 19.5. The highest BCUT2D eigenvalue weighted by molar-refractivity contribution is 14.0. The van der Waals surface area contributed by atoms with E-state index in [1.807, 2.05) is 22.8 Å². The average molecular weight is 513 g/mol. The SMILES string of the molecule is CCNC(=NCC(=O)N1CCc2ccccc2C1)NCCCN1CCCC1=O.I. The van der Waals surface area contributed by atoms with Gasteiger partial charge < -0.3 is 20.4 Å². The number of carbonyl (C=O) groups is 2. The first-order chi connectivity index (χ1) is 13.7. The molecule has 1 aromatic carbocycles. The molecule has 2 aliphatic rings. The number of benzene rings is 1. The van der Waals surface area contributed by atoms with Crippen LogP contribution in [0, 0.1) is 0 Å². The van der Waals surface area contributed by atoms with E-state index in [2.05, 4.69) is 33.8 Å². The Morgan fingerprint density at radius 2 is 1.93 bits per heavy atom. The molecule has 0 radical (unpaired) electrons. The lowest BCUT2D eigenvalue weighted by atomic mass is 10.00. The number of carbonyl (C=O) groups excluding carboxylic acids is 2. The molecule has 0 unspecified atom stereocenters. The number of halogens is 1. The fourth-order valence-corrected chi connectivity index (χ4v) is 3.71. The van der Waals surface area contributed by atoms with Crippen LogP contribution in [-0.2, 0) is 22.6 Å². The van der Waals surface area contributed by atoms with Crippen LogP contribution in [0.5, 0.6) is 0 Å². The topological polar surface area (TPSA) is 77.0 Å². The van der Waals surface area contributed by atoms with Crippen LogP contribution in [0.3, 0.4) is 0 Å². The minimum Gasteiger partial charge on any atom is -0.357 e. The number of likely N-dealkylation sites (tertiary alicyclic amines) is 1. The molecule has 1 saturated heterocycles. The number of rotatable bonds is 7. The molecule has 2 N–H and O–H groups in total. The zero-order valence-electron chi connectivity index (χ0n) is 17.2. The molecule has 0 aromatic heterocycles. The molecule has 160 valence electrons. The summed E-state index contributed by atoms with van der Waals surface area (Å²) in [6.45, 7) is 6.67. The van der Waals surface area contributed by atoms with Crippen LogP contribution < -0.4 is 10.6 Å². The summed E-state index contributed by atoms with van der Waals surface area (Å²) in [6.07, 6.45) is 3.42. The third kappa shape index (κ3) is 6.87. The van der Waals surface area contributed by atoms with E-state index in [9.17, 15) is 9.59 Å². The largest absolute Gasteiger partial charge is 0.357 e. The lowest BCUT2D eigenvalue weighted by molar-refractivity contribution is -0.130. The normalized spacial score (nSPS) is 16.3. The molecule has 1 aromatic rings. The van der Waals surface area contributed by atoms with Crippen LogP contribution in [0.1, 0.15) is 37.3 Å². The van der Waals surface area contributed by atoms with Crippen LogP contribution in [0.15, 0.2) is 29.3 Å². The van der Waals surface area contributed by atoms with Crippen molar-refractivity contribution in [2.45, 2.75) is 39.2 Å². The van der Waals surface area contributed by atoms with Crippen LogP contribution in [0.4, 0.5) is 0 Å². The van der Waals surface area contributed by atoms with Gasteiger partial charge >= 0.3 is 0 Å². The summed E-state index contributed by atoms with van der Waals surface area (Å²) < 4.78 is 0. The van der Waals surface area contributed by atoms with E-state index >= 15 is 0 Å². The minimum absolute atomic E-state index is 0. The zero-order chi connectivity index (χ0) is 19.8. The van der Waals surface area contributed by atoms with Crippen molar-refractivity contribution >= 4 is 41.8 Å². The molecule has 1 fully saturated rings. The number of hydrogen-bond acceptors (Lipinski definition) is 3. The molecule has 0 atom stereocenters. The molecule has 2 heterocycles. The van der Waals surface area contributed by atoms with Crippen molar-refractivity contribution in [3.63, 3.8) is 0 Å². The predicted molar refractivity (Wildman–Crippen MR) is 125 cm³/mol. The van der Waals surface area contributed by atoms with Crippen molar-refractivity contribution < 1.29 is 9.59 Å². The third-order valence-corrected chi connectivity index (χ3v) is 5.27. The number of fused-ring (bicyclic) bond motifs is 1. The smallest absolute Gasteiger partial charge is 0.244 e. The fourth-order valence-electron chi connectivity index (χ4n) is 3.71. The van der Waals surface area contributed by atoms with Crippen molar-refractivity contribution in [3.8, 4) is 0 Å². The maximum atomic E-state index is 12.6. The highest BCUT2D eigenvalue weighted by Crippen LogP contribution is 2.18. The highest BCUT2D eigenvalue weighted by atomic mass is 127. The Morgan fingerprint density at radius 3 is 2.66 bits per heavy atom. The summed E-state index contributed by atoms with van der Waals surface area (Å²) >= 11 is 0. The highest BCUT2D eigenvalue weighted by Gasteiger charge is 2.20. The van der Waals surface area contributed by atoms with Gasteiger partial charge in [0.25, 0.3) is 0 Å².